The van der Waals surface area contributed by atoms with Gasteiger partial charge in [0.2, 0.25) is 0 Å². The molecular formula is C60H42N2. The van der Waals surface area contributed by atoms with Gasteiger partial charge in [-0.1, -0.05) is 188 Å². The largest absolute Gasteiger partial charge is 0.311 e. The zero-order chi connectivity index (χ0) is 41.2. The van der Waals surface area contributed by atoms with Crippen molar-refractivity contribution < 1.29 is 0 Å². The summed E-state index contributed by atoms with van der Waals surface area (Å²) in [5.74, 6) is 0. The van der Waals surface area contributed by atoms with E-state index in [4.69, 9.17) is 0 Å². The molecule has 0 N–H and O–H groups in total. The quantitative estimate of drug-likeness (QED) is 0.141. The van der Waals surface area contributed by atoms with E-state index in [0.717, 1.165) is 22.7 Å². The minimum Gasteiger partial charge on any atom is -0.311 e. The van der Waals surface area contributed by atoms with Crippen LogP contribution in [0.1, 0.15) is 0 Å². The number of rotatable bonds is 9. The fraction of sp³-hybridized carbons (Fsp3) is 0. The smallest absolute Gasteiger partial charge is 0.0541 e. The molecule has 0 fully saturated rings. The van der Waals surface area contributed by atoms with Gasteiger partial charge in [-0.05, 0) is 122 Å². The van der Waals surface area contributed by atoms with Crippen LogP contribution in [-0.4, -0.2) is 4.57 Å². The number of fused-ring (bicyclic) bond motifs is 3. The highest BCUT2D eigenvalue weighted by atomic mass is 15.1. The summed E-state index contributed by atoms with van der Waals surface area (Å²) in [5, 5.41) is 2.48. The van der Waals surface area contributed by atoms with E-state index in [-0.39, 0.29) is 0 Å². The van der Waals surface area contributed by atoms with Crippen molar-refractivity contribution in [3.63, 3.8) is 0 Å². The molecule has 292 valence electrons. The predicted octanol–water partition coefficient (Wildman–Crippen LogP) is 16.6. The number of nitrogens with zero attached hydrogens (tertiary/aromatic N) is 2. The van der Waals surface area contributed by atoms with E-state index in [2.05, 4.69) is 264 Å². The van der Waals surface area contributed by atoms with E-state index in [1.807, 2.05) is 0 Å². The van der Waals surface area contributed by atoms with Crippen LogP contribution in [0, 0.1) is 0 Å². The van der Waals surface area contributed by atoms with Gasteiger partial charge in [0.05, 0.1) is 11.0 Å². The van der Waals surface area contributed by atoms with Crippen LogP contribution in [0.15, 0.2) is 255 Å². The zero-order valence-electron chi connectivity index (χ0n) is 34.1. The van der Waals surface area contributed by atoms with E-state index in [1.54, 1.807) is 0 Å². The lowest BCUT2D eigenvalue weighted by Crippen LogP contribution is -2.09. The minimum atomic E-state index is 1.10. The molecule has 2 nitrogen and oxygen atoms in total. The van der Waals surface area contributed by atoms with Crippen LogP contribution >= 0.6 is 0 Å². The van der Waals surface area contributed by atoms with Gasteiger partial charge in [0.1, 0.15) is 0 Å². The monoisotopic (exact) mass is 790 g/mol. The second-order valence-corrected chi connectivity index (χ2v) is 15.8. The van der Waals surface area contributed by atoms with Crippen molar-refractivity contribution in [2.45, 2.75) is 0 Å². The maximum atomic E-state index is 2.39. The molecule has 0 aliphatic carbocycles. The Balaban J connectivity index is 0.879. The number of hydrogen-bond acceptors (Lipinski definition) is 1. The van der Waals surface area contributed by atoms with Crippen molar-refractivity contribution in [2.75, 3.05) is 4.90 Å². The molecule has 0 saturated heterocycles. The lowest BCUT2D eigenvalue weighted by Gasteiger charge is -2.26. The van der Waals surface area contributed by atoms with E-state index in [0.29, 0.717) is 0 Å². The maximum absolute atomic E-state index is 2.39. The summed E-state index contributed by atoms with van der Waals surface area (Å²) in [4.78, 5) is 2.33. The third-order valence-corrected chi connectivity index (χ3v) is 12.0. The lowest BCUT2D eigenvalue weighted by molar-refractivity contribution is 1.18. The third-order valence-electron chi connectivity index (χ3n) is 12.0. The normalized spacial score (nSPS) is 11.2. The second-order valence-electron chi connectivity index (χ2n) is 15.8. The van der Waals surface area contributed by atoms with Crippen LogP contribution in [0.3, 0.4) is 0 Å². The fourth-order valence-corrected chi connectivity index (χ4v) is 8.84. The molecule has 0 atom stereocenters. The minimum absolute atomic E-state index is 1.10. The Morgan fingerprint density at radius 2 is 0.548 bits per heavy atom. The number of benzene rings is 10. The average Bonchev–Trinajstić information content (AvgIpc) is 3.69. The van der Waals surface area contributed by atoms with Crippen molar-refractivity contribution in [1.82, 2.24) is 4.57 Å². The van der Waals surface area contributed by atoms with E-state index in [1.165, 1.54) is 77.4 Å². The van der Waals surface area contributed by atoms with Gasteiger partial charge in [-0.15, -0.1) is 0 Å². The van der Waals surface area contributed by atoms with Crippen LogP contribution in [-0.2, 0) is 0 Å². The summed E-state index contributed by atoms with van der Waals surface area (Å²) in [5.41, 5.74) is 18.9. The van der Waals surface area contributed by atoms with Crippen LogP contribution in [0.5, 0.6) is 0 Å². The van der Waals surface area contributed by atoms with Gasteiger partial charge < -0.3 is 9.47 Å². The van der Waals surface area contributed by atoms with Crippen LogP contribution in [0.4, 0.5) is 17.1 Å². The molecular weight excluding hydrogens is 749 g/mol. The molecule has 0 saturated carbocycles. The Kier molecular flexibility index (Phi) is 9.57. The summed E-state index contributed by atoms with van der Waals surface area (Å²) >= 11 is 0. The van der Waals surface area contributed by atoms with Crippen molar-refractivity contribution in [3.05, 3.63) is 255 Å². The van der Waals surface area contributed by atoms with Crippen molar-refractivity contribution >= 4 is 38.9 Å². The molecule has 0 unspecified atom stereocenters. The number of aromatic nitrogens is 1. The first kappa shape index (κ1) is 36.8. The Morgan fingerprint density at radius 3 is 1.03 bits per heavy atom. The van der Waals surface area contributed by atoms with Gasteiger partial charge in [-0.2, -0.15) is 0 Å². The number of anilines is 3. The van der Waals surface area contributed by atoms with Gasteiger partial charge in [0.15, 0.2) is 0 Å². The van der Waals surface area contributed by atoms with Crippen molar-refractivity contribution in [2.24, 2.45) is 0 Å². The molecule has 0 spiro atoms. The van der Waals surface area contributed by atoms with E-state index in [9.17, 15) is 0 Å². The molecule has 0 aliphatic heterocycles. The van der Waals surface area contributed by atoms with Gasteiger partial charge in [0, 0.05) is 33.5 Å². The topological polar surface area (TPSA) is 8.17 Å². The predicted molar refractivity (Wildman–Crippen MR) is 263 cm³/mol. The van der Waals surface area contributed by atoms with Crippen LogP contribution in [0.2, 0.25) is 0 Å². The highest BCUT2D eigenvalue weighted by Gasteiger charge is 2.16. The molecule has 10 aromatic carbocycles. The standard InChI is InChI=1S/C60H42N2/c1-4-12-43(13-5-1)45-20-24-47(25-21-45)49-28-35-54(36-29-49)61(53-16-8-3-9-17-53)55-37-32-51(33-38-55)52-34-41-60-58(42-52)57-18-10-11-19-59(57)62(60)56-39-30-50(31-40-56)48-26-22-46(23-27-48)44-14-6-2-7-15-44/h1-42H. The zero-order valence-corrected chi connectivity index (χ0v) is 34.1. The third kappa shape index (κ3) is 7.04. The number of para-hydroxylation sites is 2. The summed E-state index contributed by atoms with van der Waals surface area (Å²) < 4.78 is 2.39. The maximum Gasteiger partial charge on any atom is 0.0541 e. The molecule has 0 aliphatic rings. The SMILES string of the molecule is c1ccc(-c2ccc(-c3ccc(N(c4ccccc4)c4ccc(-c5ccc6c(c5)c5ccccc5n6-c5ccc(-c6ccc(-c7ccccc7)cc6)cc5)cc4)cc3)cc2)cc1. The summed E-state index contributed by atoms with van der Waals surface area (Å²) in [6.45, 7) is 0. The van der Waals surface area contributed by atoms with Gasteiger partial charge >= 0.3 is 0 Å². The highest BCUT2D eigenvalue weighted by molar-refractivity contribution is 6.10. The Bertz CT molecular complexity index is 3260. The molecule has 62 heavy (non-hydrogen) atoms. The first-order chi connectivity index (χ1) is 30.7. The van der Waals surface area contributed by atoms with Crippen LogP contribution in [0.25, 0.3) is 83.1 Å². The van der Waals surface area contributed by atoms with Gasteiger partial charge in [-0.25, -0.2) is 0 Å². The molecule has 0 amide bonds. The molecule has 2 heteroatoms. The molecule has 1 aromatic heterocycles. The summed E-state index contributed by atoms with van der Waals surface area (Å²) in [6.07, 6.45) is 0. The summed E-state index contributed by atoms with van der Waals surface area (Å²) in [6, 6.07) is 91.9. The molecule has 1 heterocycles. The van der Waals surface area contributed by atoms with Crippen molar-refractivity contribution in [3.8, 4) is 61.3 Å². The molecule has 0 radical (unpaired) electrons. The molecule has 0 bridgehead atoms. The van der Waals surface area contributed by atoms with Gasteiger partial charge in [0.25, 0.3) is 0 Å². The van der Waals surface area contributed by atoms with Crippen molar-refractivity contribution in [1.29, 1.82) is 0 Å². The van der Waals surface area contributed by atoms with E-state index >= 15 is 0 Å². The number of hydrogen-bond donors (Lipinski definition) is 0. The molecule has 11 aromatic rings. The Labute approximate surface area is 362 Å². The highest BCUT2D eigenvalue weighted by Crippen LogP contribution is 2.39. The first-order valence-corrected chi connectivity index (χ1v) is 21.2. The molecule has 11 rings (SSSR count). The Morgan fingerprint density at radius 1 is 0.226 bits per heavy atom. The fourth-order valence-electron chi connectivity index (χ4n) is 8.84. The Hall–Kier alpha value is -8.20. The second kappa shape index (κ2) is 16.1. The first-order valence-electron chi connectivity index (χ1n) is 21.2. The van der Waals surface area contributed by atoms with Crippen LogP contribution < -0.4 is 4.90 Å². The summed E-state index contributed by atoms with van der Waals surface area (Å²) in [7, 11) is 0. The van der Waals surface area contributed by atoms with E-state index < -0.39 is 0 Å². The average molecular weight is 791 g/mol. The van der Waals surface area contributed by atoms with Gasteiger partial charge in [-0.3, -0.25) is 0 Å². The lowest BCUT2D eigenvalue weighted by atomic mass is 10.00.